The van der Waals surface area contributed by atoms with Gasteiger partial charge in [0.1, 0.15) is 12.6 Å². The van der Waals surface area contributed by atoms with E-state index in [0.717, 1.165) is 47.5 Å². The van der Waals surface area contributed by atoms with Gasteiger partial charge in [0, 0.05) is 28.2 Å². The van der Waals surface area contributed by atoms with Gasteiger partial charge in [0.05, 0.1) is 10.6 Å². The molecule has 1 aliphatic carbocycles. The molecule has 0 aromatic heterocycles. The molecule has 43 heavy (non-hydrogen) atoms. The lowest BCUT2D eigenvalue weighted by Gasteiger charge is -2.34. The topological polar surface area (TPSA) is 86.8 Å². The summed E-state index contributed by atoms with van der Waals surface area (Å²) >= 11 is 13.0. The molecule has 230 valence electrons. The molecular weight excluding hydrogens is 605 g/mol. The molecule has 1 saturated carbocycles. The average Bonchev–Trinajstić information content (AvgIpc) is 2.98. The van der Waals surface area contributed by atoms with Crippen molar-refractivity contribution in [1.82, 2.24) is 10.2 Å². The van der Waals surface area contributed by atoms with Crippen molar-refractivity contribution in [3.05, 3.63) is 93.5 Å². The molecule has 10 heteroatoms. The number of sulfonamides is 1. The van der Waals surface area contributed by atoms with Crippen LogP contribution in [0.25, 0.3) is 0 Å². The number of benzene rings is 3. The van der Waals surface area contributed by atoms with Crippen LogP contribution in [0.5, 0.6) is 0 Å². The van der Waals surface area contributed by atoms with E-state index in [2.05, 4.69) is 5.32 Å². The van der Waals surface area contributed by atoms with Gasteiger partial charge in [-0.1, -0.05) is 90.8 Å². The fourth-order valence-electron chi connectivity index (χ4n) is 5.39. The first kappa shape index (κ1) is 32.8. The third kappa shape index (κ3) is 8.11. The summed E-state index contributed by atoms with van der Waals surface area (Å²) in [5.74, 6) is -0.813. The zero-order valence-electron chi connectivity index (χ0n) is 24.9. The van der Waals surface area contributed by atoms with Crippen molar-refractivity contribution >= 4 is 50.7 Å². The largest absolute Gasteiger partial charge is 0.352 e. The van der Waals surface area contributed by atoms with Crippen molar-refractivity contribution in [2.24, 2.45) is 0 Å². The second-order valence-corrected chi connectivity index (χ2v) is 13.8. The minimum atomic E-state index is -4.14. The summed E-state index contributed by atoms with van der Waals surface area (Å²) in [6, 6.07) is 17.7. The Morgan fingerprint density at radius 3 is 2.00 bits per heavy atom. The Balaban J connectivity index is 1.73. The van der Waals surface area contributed by atoms with Gasteiger partial charge in [0.2, 0.25) is 11.8 Å². The molecule has 1 fully saturated rings. The van der Waals surface area contributed by atoms with Crippen LogP contribution >= 0.6 is 23.2 Å². The quantitative estimate of drug-likeness (QED) is 0.242. The maximum Gasteiger partial charge on any atom is 0.264 e. The van der Waals surface area contributed by atoms with Crippen molar-refractivity contribution in [3.63, 3.8) is 0 Å². The standard InChI is InChI=1S/C33H39Cl2N3O4S/c1-4-31(33(40)36-25-9-6-5-7-10-25)37(21-28-29(34)11-8-12-30(28)35)32(39)22-38(26-17-13-23(2)14-18-26)43(41,42)27-19-15-24(3)16-20-27/h8,11-20,25,31H,4-7,9-10,21-22H2,1-3H3,(H,36,40)/t31-/m1/s1. The molecule has 7 nitrogen and oxygen atoms in total. The van der Waals surface area contributed by atoms with Crippen LogP contribution in [0.3, 0.4) is 0 Å². The number of hydrogen-bond donors (Lipinski definition) is 1. The molecule has 0 bridgehead atoms. The monoisotopic (exact) mass is 643 g/mol. The minimum absolute atomic E-state index is 0.0436. The Bertz CT molecular complexity index is 1500. The van der Waals surface area contributed by atoms with Gasteiger partial charge in [-0.2, -0.15) is 0 Å². The zero-order valence-corrected chi connectivity index (χ0v) is 27.2. The van der Waals surface area contributed by atoms with Gasteiger partial charge in [-0.15, -0.1) is 0 Å². The summed E-state index contributed by atoms with van der Waals surface area (Å²) in [5.41, 5.74) is 2.69. The minimum Gasteiger partial charge on any atom is -0.352 e. The van der Waals surface area contributed by atoms with E-state index in [1.165, 1.54) is 17.0 Å². The van der Waals surface area contributed by atoms with E-state index in [0.29, 0.717) is 27.7 Å². The molecular formula is C33H39Cl2N3O4S. The number of aryl methyl sites for hydroxylation is 2. The van der Waals surface area contributed by atoms with Crippen LogP contribution in [0.4, 0.5) is 5.69 Å². The first-order valence-corrected chi connectivity index (χ1v) is 16.9. The highest BCUT2D eigenvalue weighted by Crippen LogP contribution is 2.29. The highest BCUT2D eigenvalue weighted by molar-refractivity contribution is 7.92. The second-order valence-electron chi connectivity index (χ2n) is 11.1. The average molecular weight is 645 g/mol. The van der Waals surface area contributed by atoms with Crippen molar-refractivity contribution in [3.8, 4) is 0 Å². The lowest BCUT2D eigenvalue weighted by molar-refractivity contribution is -0.140. The van der Waals surface area contributed by atoms with Crippen LogP contribution in [0.15, 0.2) is 71.6 Å². The van der Waals surface area contributed by atoms with Crippen LogP contribution in [-0.4, -0.2) is 43.8 Å². The van der Waals surface area contributed by atoms with Gasteiger partial charge in [-0.3, -0.25) is 13.9 Å². The van der Waals surface area contributed by atoms with Gasteiger partial charge in [-0.25, -0.2) is 8.42 Å². The molecule has 1 N–H and O–H groups in total. The van der Waals surface area contributed by atoms with E-state index in [9.17, 15) is 18.0 Å². The number of anilines is 1. The molecule has 3 aromatic carbocycles. The molecule has 2 amide bonds. The van der Waals surface area contributed by atoms with E-state index in [1.807, 2.05) is 20.8 Å². The molecule has 0 spiro atoms. The third-order valence-corrected chi connectivity index (χ3v) is 10.4. The van der Waals surface area contributed by atoms with Crippen LogP contribution in [0.1, 0.15) is 62.1 Å². The molecule has 0 unspecified atom stereocenters. The van der Waals surface area contributed by atoms with Gasteiger partial charge in [0.25, 0.3) is 10.0 Å². The SMILES string of the molecule is CC[C@H](C(=O)NC1CCCCC1)N(Cc1c(Cl)cccc1Cl)C(=O)CN(c1ccc(C)cc1)S(=O)(=O)c1ccc(C)cc1. The number of carbonyl (C=O) groups is 2. The number of halogens is 2. The van der Waals surface area contributed by atoms with Crippen LogP contribution in [0, 0.1) is 13.8 Å². The lowest BCUT2D eigenvalue weighted by atomic mass is 9.95. The summed E-state index contributed by atoms with van der Waals surface area (Å²) in [6.07, 6.45) is 5.33. The third-order valence-electron chi connectivity index (χ3n) is 7.94. The maximum absolute atomic E-state index is 14.3. The smallest absolute Gasteiger partial charge is 0.264 e. The molecule has 0 aliphatic heterocycles. The Hall–Kier alpha value is -3.07. The van der Waals surface area contributed by atoms with Crippen molar-refractivity contribution in [2.75, 3.05) is 10.8 Å². The lowest BCUT2D eigenvalue weighted by Crippen LogP contribution is -2.54. The highest BCUT2D eigenvalue weighted by atomic mass is 35.5. The van der Waals surface area contributed by atoms with E-state index >= 15 is 0 Å². The normalized spacial score (nSPS) is 14.6. The Labute approximate surface area is 265 Å². The summed E-state index contributed by atoms with van der Waals surface area (Å²) in [6.45, 7) is 5.04. The molecule has 1 atom stereocenters. The molecule has 1 aliphatic rings. The first-order chi connectivity index (χ1) is 20.5. The van der Waals surface area contributed by atoms with Crippen molar-refractivity contribution in [2.45, 2.75) is 82.8 Å². The van der Waals surface area contributed by atoms with Crippen molar-refractivity contribution in [1.29, 1.82) is 0 Å². The van der Waals surface area contributed by atoms with E-state index in [4.69, 9.17) is 23.2 Å². The highest BCUT2D eigenvalue weighted by Gasteiger charge is 2.35. The fourth-order valence-corrected chi connectivity index (χ4v) is 7.33. The molecule has 0 saturated heterocycles. The number of nitrogens with zero attached hydrogens (tertiary/aromatic N) is 2. The first-order valence-electron chi connectivity index (χ1n) is 14.7. The Kier molecular flexibility index (Phi) is 11.2. The molecule has 0 radical (unpaired) electrons. The van der Waals surface area contributed by atoms with Crippen molar-refractivity contribution < 1.29 is 18.0 Å². The second kappa shape index (κ2) is 14.6. The van der Waals surface area contributed by atoms with E-state index in [-0.39, 0.29) is 23.4 Å². The van der Waals surface area contributed by atoms with Gasteiger partial charge >= 0.3 is 0 Å². The molecule has 0 heterocycles. The molecule has 4 rings (SSSR count). The number of nitrogens with one attached hydrogen (secondary N) is 1. The van der Waals surface area contributed by atoms with Gasteiger partial charge in [0.15, 0.2) is 0 Å². The van der Waals surface area contributed by atoms with Crippen LogP contribution < -0.4 is 9.62 Å². The summed E-state index contributed by atoms with van der Waals surface area (Å²) in [7, 11) is -4.14. The fraction of sp³-hybridized carbons (Fsp3) is 0.394. The van der Waals surface area contributed by atoms with Gasteiger partial charge < -0.3 is 10.2 Å². The Morgan fingerprint density at radius 1 is 0.884 bits per heavy atom. The van der Waals surface area contributed by atoms with Crippen LogP contribution in [-0.2, 0) is 26.2 Å². The summed E-state index contributed by atoms with van der Waals surface area (Å²) in [4.78, 5) is 29.5. The number of hydrogen-bond acceptors (Lipinski definition) is 4. The van der Waals surface area contributed by atoms with E-state index < -0.39 is 28.5 Å². The summed E-state index contributed by atoms with van der Waals surface area (Å²) < 4.78 is 29.2. The number of rotatable bonds is 11. The summed E-state index contributed by atoms with van der Waals surface area (Å²) in [5, 5.41) is 3.86. The number of carbonyl (C=O) groups excluding carboxylic acids is 2. The van der Waals surface area contributed by atoms with Gasteiger partial charge in [-0.05, 0) is 69.5 Å². The zero-order chi connectivity index (χ0) is 31.1. The predicted octanol–water partition coefficient (Wildman–Crippen LogP) is 7.06. The van der Waals surface area contributed by atoms with E-state index in [1.54, 1.807) is 54.6 Å². The van der Waals surface area contributed by atoms with Crippen LogP contribution in [0.2, 0.25) is 10.0 Å². The maximum atomic E-state index is 14.3. The Morgan fingerprint density at radius 2 is 1.44 bits per heavy atom. The predicted molar refractivity (Wildman–Crippen MR) is 173 cm³/mol. The number of amides is 2. The molecule has 3 aromatic rings.